The molecule has 3 heterocycles. The molecule has 8 nitrogen and oxygen atoms in total. The molecule has 5 rings (SSSR count). The van der Waals surface area contributed by atoms with Crippen LogP contribution in [0.5, 0.6) is 0 Å². The Labute approximate surface area is 166 Å². The molecule has 8 heteroatoms. The minimum Gasteiger partial charge on any atom is -0.356 e. The minimum absolute atomic E-state index is 0.0965. The van der Waals surface area contributed by atoms with Crippen LogP contribution in [0.1, 0.15) is 27.1 Å². The maximum Gasteiger partial charge on any atom is 0.262 e. The van der Waals surface area contributed by atoms with Crippen molar-refractivity contribution in [2.24, 2.45) is 0 Å². The Morgan fingerprint density at radius 2 is 1.66 bits per heavy atom. The highest BCUT2D eigenvalue weighted by Crippen LogP contribution is 2.36. The molecule has 2 N–H and O–H groups in total. The molecular formula is C21H18N4O4. The summed E-state index contributed by atoms with van der Waals surface area (Å²) < 4.78 is 0. The minimum atomic E-state index is -0.460. The standard InChI is InChI=1S/C21H18N4O4/c26-18(11-25-20(28)13-5-1-2-6-14(13)21(25)29)22-12-9-17-19(27)23-15-7-3-4-8-16(15)24(17)10-12/h1-8,12,17H,9-11H2,(H,22,26)(H,23,27). The molecule has 146 valence electrons. The van der Waals surface area contributed by atoms with Gasteiger partial charge in [-0.25, -0.2) is 0 Å². The quantitative estimate of drug-likeness (QED) is 0.762. The Balaban J connectivity index is 1.27. The molecule has 4 amide bonds. The lowest BCUT2D eigenvalue weighted by atomic mass is 10.1. The molecule has 2 aromatic rings. The van der Waals surface area contributed by atoms with Crippen LogP contribution in [0.3, 0.4) is 0 Å². The summed E-state index contributed by atoms with van der Waals surface area (Å²) in [6.45, 7) is 0.152. The zero-order chi connectivity index (χ0) is 20.1. The number of fused-ring (bicyclic) bond motifs is 4. The monoisotopic (exact) mass is 390 g/mol. The van der Waals surface area contributed by atoms with Gasteiger partial charge in [-0.3, -0.25) is 24.1 Å². The Morgan fingerprint density at radius 3 is 2.38 bits per heavy atom. The van der Waals surface area contributed by atoms with E-state index >= 15 is 0 Å². The summed E-state index contributed by atoms with van der Waals surface area (Å²) in [7, 11) is 0. The fourth-order valence-corrected chi connectivity index (χ4v) is 4.30. The molecule has 2 unspecified atom stereocenters. The molecule has 3 aliphatic rings. The van der Waals surface area contributed by atoms with E-state index in [2.05, 4.69) is 10.6 Å². The fourth-order valence-electron chi connectivity index (χ4n) is 4.30. The van der Waals surface area contributed by atoms with Gasteiger partial charge >= 0.3 is 0 Å². The van der Waals surface area contributed by atoms with Crippen molar-refractivity contribution in [1.29, 1.82) is 0 Å². The average molecular weight is 390 g/mol. The van der Waals surface area contributed by atoms with E-state index in [1.54, 1.807) is 24.3 Å². The summed E-state index contributed by atoms with van der Waals surface area (Å²) in [6.07, 6.45) is 0.466. The van der Waals surface area contributed by atoms with Gasteiger partial charge in [-0.05, 0) is 30.7 Å². The van der Waals surface area contributed by atoms with Gasteiger partial charge in [0.25, 0.3) is 11.8 Å². The van der Waals surface area contributed by atoms with E-state index in [0.29, 0.717) is 24.1 Å². The number of nitrogens with zero attached hydrogens (tertiary/aromatic N) is 2. The lowest BCUT2D eigenvalue weighted by Crippen LogP contribution is -2.45. The summed E-state index contributed by atoms with van der Waals surface area (Å²) >= 11 is 0. The second-order valence-corrected chi connectivity index (χ2v) is 7.42. The second kappa shape index (κ2) is 6.44. The third-order valence-corrected chi connectivity index (χ3v) is 5.62. The molecule has 2 atom stereocenters. The summed E-state index contributed by atoms with van der Waals surface area (Å²) in [5.74, 6) is -1.44. The maximum absolute atomic E-state index is 12.6. The summed E-state index contributed by atoms with van der Waals surface area (Å²) in [6, 6.07) is 13.5. The first-order chi connectivity index (χ1) is 14.0. The number of hydrogen-bond donors (Lipinski definition) is 2. The van der Waals surface area contributed by atoms with Gasteiger partial charge < -0.3 is 15.5 Å². The molecule has 0 radical (unpaired) electrons. The predicted octanol–water partition coefficient (Wildman–Crippen LogP) is 0.998. The van der Waals surface area contributed by atoms with E-state index in [1.165, 1.54) is 0 Å². The van der Waals surface area contributed by atoms with E-state index in [4.69, 9.17) is 0 Å². The Bertz CT molecular complexity index is 1030. The van der Waals surface area contributed by atoms with Crippen LogP contribution in [0.2, 0.25) is 0 Å². The molecule has 0 saturated carbocycles. The third kappa shape index (κ3) is 2.75. The van der Waals surface area contributed by atoms with Crippen molar-refractivity contribution in [3.8, 4) is 0 Å². The molecule has 0 aromatic heterocycles. The molecule has 0 bridgehead atoms. The maximum atomic E-state index is 12.6. The number of para-hydroxylation sites is 2. The molecule has 0 spiro atoms. The van der Waals surface area contributed by atoms with Crippen LogP contribution in [0, 0.1) is 0 Å². The molecule has 1 saturated heterocycles. The number of carbonyl (C=O) groups is 4. The highest BCUT2D eigenvalue weighted by Gasteiger charge is 2.42. The number of amides is 4. The van der Waals surface area contributed by atoms with Crippen LogP contribution in [0.4, 0.5) is 11.4 Å². The van der Waals surface area contributed by atoms with Crippen molar-refractivity contribution in [3.63, 3.8) is 0 Å². The Kier molecular flexibility index (Phi) is 3.87. The van der Waals surface area contributed by atoms with E-state index in [9.17, 15) is 19.2 Å². The number of nitrogens with one attached hydrogen (secondary N) is 2. The summed E-state index contributed by atoms with van der Waals surface area (Å²) in [4.78, 5) is 52.8. The van der Waals surface area contributed by atoms with Crippen LogP contribution >= 0.6 is 0 Å². The zero-order valence-corrected chi connectivity index (χ0v) is 15.4. The number of anilines is 2. The predicted molar refractivity (Wildman–Crippen MR) is 105 cm³/mol. The highest BCUT2D eigenvalue weighted by molar-refractivity contribution is 6.22. The largest absolute Gasteiger partial charge is 0.356 e. The van der Waals surface area contributed by atoms with Crippen molar-refractivity contribution in [3.05, 3.63) is 59.7 Å². The van der Waals surface area contributed by atoms with Gasteiger partial charge in [0.05, 0.1) is 22.5 Å². The number of carbonyl (C=O) groups excluding carboxylic acids is 4. The molecule has 3 aliphatic heterocycles. The van der Waals surface area contributed by atoms with Gasteiger partial charge in [0, 0.05) is 12.6 Å². The van der Waals surface area contributed by atoms with Crippen molar-refractivity contribution in [2.75, 3.05) is 23.3 Å². The van der Waals surface area contributed by atoms with Crippen molar-refractivity contribution < 1.29 is 19.2 Å². The van der Waals surface area contributed by atoms with Gasteiger partial charge in [-0.2, -0.15) is 0 Å². The lowest BCUT2D eigenvalue weighted by molar-refractivity contribution is -0.122. The van der Waals surface area contributed by atoms with E-state index in [0.717, 1.165) is 16.3 Å². The number of benzene rings is 2. The highest BCUT2D eigenvalue weighted by atomic mass is 16.2. The first-order valence-electron chi connectivity index (χ1n) is 9.44. The lowest BCUT2D eigenvalue weighted by Gasteiger charge is -2.32. The topological polar surface area (TPSA) is 98.8 Å². The van der Waals surface area contributed by atoms with E-state index in [1.807, 2.05) is 29.2 Å². The SMILES string of the molecule is O=C(CN1C(=O)c2ccccc2C1=O)NC1CC2C(=O)Nc3ccccc3N2C1. The third-order valence-electron chi connectivity index (χ3n) is 5.62. The van der Waals surface area contributed by atoms with Crippen LogP contribution in [-0.2, 0) is 9.59 Å². The first-order valence-corrected chi connectivity index (χ1v) is 9.44. The van der Waals surface area contributed by atoms with Crippen LogP contribution in [-0.4, -0.2) is 53.7 Å². The molecule has 0 aliphatic carbocycles. The van der Waals surface area contributed by atoms with Crippen molar-refractivity contribution in [1.82, 2.24) is 10.2 Å². The van der Waals surface area contributed by atoms with Crippen LogP contribution in [0.25, 0.3) is 0 Å². The van der Waals surface area contributed by atoms with E-state index < -0.39 is 17.7 Å². The normalized spacial score (nSPS) is 22.1. The van der Waals surface area contributed by atoms with Crippen LogP contribution in [0.15, 0.2) is 48.5 Å². The van der Waals surface area contributed by atoms with Gasteiger partial charge in [-0.15, -0.1) is 0 Å². The Morgan fingerprint density at radius 1 is 1.00 bits per heavy atom. The molecule has 2 aromatic carbocycles. The summed E-state index contributed by atoms with van der Waals surface area (Å²) in [5, 5.41) is 5.77. The molecular weight excluding hydrogens is 372 g/mol. The van der Waals surface area contributed by atoms with Crippen molar-refractivity contribution in [2.45, 2.75) is 18.5 Å². The number of hydrogen-bond acceptors (Lipinski definition) is 5. The van der Waals surface area contributed by atoms with Gasteiger partial charge in [0.1, 0.15) is 12.6 Å². The van der Waals surface area contributed by atoms with Crippen LogP contribution < -0.4 is 15.5 Å². The first kappa shape index (κ1) is 17.4. The second-order valence-electron chi connectivity index (χ2n) is 7.42. The van der Waals surface area contributed by atoms with Gasteiger partial charge in [0.15, 0.2) is 0 Å². The Hall–Kier alpha value is -3.68. The summed E-state index contributed by atoms with van der Waals surface area (Å²) in [5.41, 5.74) is 2.31. The van der Waals surface area contributed by atoms with Gasteiger partial charge in [-0.1, -0.05) is 24.3 Å². The molecule has 1 fully saturated rings. The number of imide groups is 1. The number of rotatable bonds is 3. The molecule has 29 heavy (non-hydrogen) atoms. The zero-order valence-electron chi connectivity index (χ0n) is 15.4. The van der Waals surface area contributed by atoms with E-state index in [-0.39, 0.29) is 24.5 Å². The van der Waals surface area contributed by atoms with Gasteiger partial charge in [0.2, 0.25) is 11.8 Å². The van der Waals surface area contributed by atoms with Crippen molar-refractivity contribution >= 4 is 35.0 Å². The average Bonchev–Trinajstić information content (AvgIpc) is 3.24. The fraction of sp³-hybridized carbons (Fsp3) is 0.238. The smallest absolute Gasteiger partial charge is 0.262 e.